The molecule has 0 aliphatic carbocycles. The van der Waals surface area contributed by atoms with Crippen LogP contribution in [0.2, 0.25) is 0 Å². The van der Waals surface area contributed by atoms with Gasteiger partial charge in [-0.05, 0) is 27.7 Å². The predicted molar refractivity (Wildman–Crippen MR) is 98.8 cm³/mol. The lowest BCUT2D eigenvalue weighted by Gasteiger charge is -2.21. The van der Waals surface area contributed by atoms with E-state index in [2.05, 4.69) is 20.0 Å². The van der Waals surface area contributed by atoms with E-state index < -0.39 is 32.0 Å². The number of imidazole rings is 1. The quantitative estimate of drug-likeness (QED) is 0.408. The smallest absolute Gasteiger partial charge is 0.323 e. The lowest BCUT2D eigenvalue weighted by Crippen LogP contribution is -2.35. The third-order valence-corrected chi connectivity index (χ3v) is 4.81. The van der Waals surface area contributed by atoms with Crippen molar-refractivity contribution in [3.05, 3.63) is 12.7 Å². The molecule has 0 spiro atoms. The minimum Gasteiger partial charge on any atom is -0.462 e. The van der Waals surface area contributed by atoms with Gasteiger partial charge in [-0.2, -0.15) is 0 Å². The average Bonchev–Trinajstić information content (AvgIpc) is 2.96. The summed E-state index contributed by atoms with van der Waals surface area (Å²) >= 11 is 0. The first-order valence-corrected chi connectivity index (χ1v) is 10.3. The number of ether oxygens (including phenoxy) is 2. The lowest BCUT2D eigenvalue weighted by atomic mass is 10.4. The van der Waals surface area contributed by atoms with Gasteiger partial charge in [0.05, 0.1) is 25.1 Å². The number of aromatic nitrogens is 4. The molecule has 0 saturated carbocycles. The predicted octanol–water partition coefficient (Wildman–Crippen LogP) is 0.886. The number of esters is 1. The Hall–Kier alpha value is -2.07. The Balaban J connectivity index is 1.90. The van der Waals surface area contributed by atoms with Crippen LogP contribution in [-0.2, 0) is 25.4 Å². The van der Waals surface area contributed by atoms with E-state index in [1.54, 1.807) is 31.7 Å². The molecule has 0 aliphatic rings. The van der Waals surface area contributed by atoms with E-state index in [0.717, 1.165) is 0 Å². The number of carbonyl (C=O) groups is 1. The second-order valence-electron chi connectivity index (χ2n) is 6.47. The van der Waals surface area contributed by atoms with Crippen LogP contribution < -0.4 is 10.8 Å². The molecule has 0 bridgehead atoms. The number of nitrogens with one attached hydrogen (secondary N) is 1. The van der Waals surface area contributed by atoms with Crippen LogP contribution in [0, 0.1) is 0 Å². The second-order valence-corrected chi connectivity index (χ2v) is 8.39. The molecule has 0 amide bonds. The Labute approximate surface area is 156 Å². The average molecular weight is 400 g/mol. The normalized spacial score (nSPS) is 16.2. The maximum Gasteiger partial charge on any atom is 0.323 e. The number of nitrogens with zero attached hydrogens (tertiary/aromatic N) is 4. The molecule has 0 saturated heterocycles. The van der Waals surface area contributed by atoms with Gasteiger partial charge in [0, 0.05) is 0 Å². The van der Waals surface area contributed by atoms with E-state index in [1.165, 1.54) is 13.3 Å². The molecule has 2 aromatic rings. The number of anilines is 1. The molecule has 0 radical (unpaired) electrons. The zero-order valence-electron chi connectivity index (χ0n) is 15.7. The van der Waals surface area contributed by atoms with Crippen LogP contribution in [0.5, 0.6) is 0 Å². The Morgan fingerprint density at radius 2 is 2.04 bits per heavy atom. The van der Waals surface area contributed by atoms with Crippen LogP contribution in [-0.4, -0.2) is 55.0 Å². The molecule has 12 heteroatoms. The van der Waals surface area contributed by atoms with Crippen LogP contribution >= 0.6 is 7.52 Å². The molecule has 2 heterocycles. The molecule has 150 valence electrons. The first-order chi connectivity index (χ1) is 12.6. The molecule has 2 aromatic heterocycles. The highest BCUT2D eigenvalue weighted by Gasteiger charge is 2.27. The van der Waals surface area contributed by atoms with E-state index >= 15 is 0 Å². The maximum absolute atomic E-state index is 12.2. The van der Waals surface area contributed by atoms with Crippen LogP contribution in [0.25, 0.3) is 11.2 Å². The van der Waals surface area contributed by atoms with Crippen molar-refractivity contribution in [3.8, 4) is 0 Å². The van der Waals surface area contributed by atoms with E-state index in [9.17, 15) is 14.3 Å². The van der Waals surface area contributed by atoms with Crippen molar-refractivity contribution in [2.45, 2.75) is 52.5 Å². The van der Waals surface area contributed by atoms with Gasteiger partial charge in [-0.25, -0.2) is 20.0 Å². The number of nitrogen functional groups attached to an aromatic ring is 1. The highest BCUT2D eigenvalue weighted by atomic mass is 31.2. The van der Waals surface area contributed by atoms with Crippen molar-refractivity contribution >= 4 is 30.5 Å². The molecule has 0 aromatic carbocycles. The van der Waals surface area contributed by atoms with Crippen LogP contribution in [0.3, 0.4) is 0 Å². The van der Waals surface area contributed by atoms with Gasteiger partial charge < -0.3 is 24.7 Å². The third-order valence-electron chi connectivity index (χ3n) is 3.52. The Morgan fingerprint density at radius 1 is 1.33 bits per heavy atom. The minimum atomic E-state index is -3.89. The number of fused-ring (bicyclic) bond motifs is 1. The number of hydrogen-bond donors (Lipinski definition) is 3. The van der Waals surface area contributed by atoms with Gasteiger partial charge in [0.1, 0.15) is 24.2 Å². The van der Waals surface area contributed by atoms with Crippen molar-refractivity contribution < 1.29 is 23.7 Å². The van der Waals surface area contributed by atoms with Crippen molar-refractivity contribution in [1.29, 1.82) is 0 Å². The molecule has 4 N–H and O–H groups in total. The fourth-order valence-corrected chi connectivity index (χ4v) is 3.56. The first kappa shape index (κ1) is 21.2. The molecule has 11 nitrogen and oxygen atoms in total. The zero-order chi connectivity index (χ0) is 20.2. The number of nitrogens with two attached hydrogens (primary N) is 1. The van der Waals surface area contributed by atoms with E-state index in [4.69, 9.17) is 15.2 Å². The van der Waals surface area contributed by atoms with Gasteiger partial charge in [0.2, 0.25) is 0 Å². The summed E-state index contributed by atoms with van der Waals surface area (Å²) in [6.45, 7) is 6.95. The lowest BCUT2D eigenvalue weighted by molar-refractivity contribution is -0.149. The van der Waals surface area contributed by atoms with Gasteiger partial charge in [0.25, 0.3) is 7.52 Å². The van der Waals surface area contributed by atoms with Gasteiger partial charge in [0.15, 0.2) is 11.5 Å². The highest BCUT2D eigenvalue weighted by Crippen LogP contribution is 2.36. The van der Waals surface area contributed by atoms with Crippen molar-refractivity contribution in [1.82, 2.24) is 24.6 Å². The summed E-state index contributed by atoms with van der Waals surface area (Å²) in [5, 5.41) is 2.37. The van der Waals surface area contributed by atoms with Gasteiger partial charge in [-0.1, -0.05) is 0 Å². The van der Waals surface area contributed by atoms with Gasteiger partial charge in [-0.15, -0.1) is 0 Å². The number of hydrogen-bond acceptors (Lipinski definition) is 8. The molecular formula is C15H25N6O5P. The van der Waals surface area contributed by atoms with Gasteiger partial charge >= 0.3 is 5.97 Å². The van der Waals surface area contributed by atoms with Crippen molar-refractivity contribution in [3.63, 3.8) is 0 Å². The summed E-state index contributed by atoms with van der Waals surface area (Å²) in [5.74, 6) is -0.326. The first-order valence-electron chi connectivity index (χ1n) is 8.42. The minimum absolute atomic E-state index is 0.277. The summed E-state index contributed by atoms with van der Waals surface area (Å²) in [6, 6.07) is -0.931. The molecule has 27 heavy (non-hydrogen) atoms. The molecule has 1 unspecified atom stereocenters. The topological polar surface area (TPSA) is 154 Å². The van der Waals surface area contributed by atoms with E-state index in [1.807, 2.05) is 0 Å². The Bertz CT molecular complexity index is 841. The van der Waals surface area contributed by atoms with E-state index in [0.29, 0.717) is 17.7 Å². The number of rotatable bonds is 9. The summed E-state index contributed by atoms with van der Waals surface area (Å²) in [7, 11) is -3.89. The van der Waals surface area contributed by atoms with Crippen LogP contribution in [0.1, 0.15) is 27.7 Å². The van der Waals surface area contributed by atoms with Crippen molar-refractivity contribution in [2.75, 3.05) is 12.1 Å². The largest absolute Gasteiger partial charge is 0.462 e. The van der Waals surface area contributed by atoms with Crippen molar-refractivity contribution in [2.24, 2.45) is 0 Å². The fourth-order valence-electron chi connectivity index (χ4n) is 2.32. The van der Waals surface area contributed by atoms with Gasteiger partial charge in [-0.3, -0.25) is 9.36 Å². The van der Waals surface area contributed by atoms with E-state index in [-0.39, 0.29) is 11.9 Å². The monoisotopic (exact) mass is 400 g/mol. The standard InChI is InChI=1S/C15H25N6O5P/c1-9(2)26-15(22)11(4)20-27(23,24)8-25-10(3)5-21-7-19-12-13(16)17-6-18-14(12)21/h6-7,9-11H,5,8H2,1-4H3,(H2,16,17,18)(H2,20,23,24)/t10-,11-/m1/s1. The Morgan fingerprint density at radius 3 is 2.70 bits per heavy atom. The SMILES string of the molecule is CC(C)OC(=O)[C@@H](C)NP(=O)(O)CO[C@H](C)Cn1cnc2c(N)ncnc21. The fraction of sp³-hybridized carbons (Fsp3) is 0.600. The second kappa shape index (κ2) is 8.75. The van der Waals surface area contributed by atoms with Crippen LogP contribution in [0.15, 0.2) is 12.7 Å². The maximum atomic E-state index is 12.2. The zero-order valence-corrected chi connectivity index (χ0v) is 16.6. The number of carbonyl (C=O) groups excluding carboxylic acids is 1. The summed E-state index contributed by atoms with van der Waals surface area (Å²) in [6.07, 6.45) is 1.70. The summed E-state index contributed by atoms with van der Waals surface area (Å²) in [5.41, 5.74) is 6.78. The molecular weight excluding hydrogens is 375 g/mol. The molecule has 3 atom stereocenters. The molecule has 0 fully saturated rings. The third kappa shape index (κ3) is 5.96. The highest BCUT2D eigenvalue weighted by molar-refractivity contribution is 7.55. The Kier molecular flexibility index (Phi) is 6.88. The summed E-state index contributed by atoms with van der Waals surface area (Å²) in [4.78, 5) is 33.9. The molecule has 2 rings (SSSR count). The molecule has 0 aliphatic heterocycles. The summed E-state index contributed by atoms with van der Waals surface area (Å²) < 4.78 is 24.4. The van der Waals surface area contributed by atoms with Crippen LogP contribution in [0.4, 0.5) is 5.82 Å².